The Morgan fingerprint density at radius 1 is 1.20 bits per heavy atom. The Morgan fingerprint density at radius 3 is 2.71 bits per heavy atom. The van der Waals surface area contributed by atoms with Crippen molar-refractivity contribution in [3.63, 3.8) is 0 Å². The molecule has 2 aromatic rings. The van der Waals surface area contributed by atoms with Gasteiger partial charge in [0.2, 0.25) is 5.88 Å². The van der Waals surface area contributed by atoms with Crippen LogP contribution in [0.25, 0.3) is 0 Å². The molecule has 3 heterocycles. The molecule has 0 aromatic carbocycles. The van der Waals surface area contributed by atoms with E-state index in [1.807, 2.05) is 0 Å². The number of aromatic nitrogens is 2. The van der Waals surface area contributed by atoms with Crippen LogP contribution in [-0.2, 0) is 17.8 Å². The Hall–Kier alpha value is -1.84. The number of nitrogens with zero attached hydrogens (tertiary/aromatic N) is 3. The molecule has 0 unspecified atom stereocenters. The molecule has 0 spiro atoms. The Kier molecular flexibility index (Phi) is 8.94. The van der Waals surface area contributed by atoms with Crippen molar-refractivity contribution >= 4 is 28.7 Å². The maximum Gasteiger partial charge on any atom is 0.278 e. The van der Waals surface area contributed by atoms with E-state index in [0.29, 0.717) is 34.5 Å². The van der Waals surface area contributed by atoms with Gasteiger partial charge >= 0.3 is 0 Å². The summed E-state index contributed by atoms with van der Waals surface area (Å²) in [5.41, 5.74) is 0.966. The molecule has 1 aliphatic heterocycles. The largest absolute Gasteiger partial charge is 0.470 e. The van der Waals surface area contributed by atoms with Crippen LogP contribution in [0.5, 0.6) is 11.1 Å². The zero-order valence-corrected chi connectivity index (χ0v) is 21.6. The van der Waals surface area contributed by atoms with Crippen LogP contribution in [0.4, 0.5) is 8.78 Å². The minimum Gasteiger partial charge on any atom is -0.470 e. The summed E-state index contributed by atoms with van der Waals surface area (Å²) in [7, 11) is 0. The first-order chi connectivity index (χ1) is 16.7. The first-order valence-electron chi connectivity index (χ1n) is 12.2. The lowest BCUT2D eigenvalue weighted by Crippen LogP contribution is -2.32. The fourth-order valence-corrected chi connectivity index (χ4v) is 5.83. The Bertz CT molecular complexity index is 993. The highest BCUT2D eigenvalue weighted by Gasteiger charge is 2.27. The van der Waals surface area contributed by atoms with Crippen LogP contribution >= 0.6 is 22.9 Å². The standard InChI is InChI=1S/C25H32ClF2N3O3S/c1-25(27,28)16-34-24-29-20-14-31(12-10-21(20)35-24)11-9-17-5-7-18(8-6-17)13-19(32)15-33-23-4-2-3-22(26)30-23/h2-4,17-18H,5-16H2,1H3. The predicted molar refractivity (Wildman–Crippen MR) is 132 cm³/mol. The van der Waals surface area contributed by atoms with Gasteiger partial charge in [-0.2, -0.15) is 0 Å². The van der Waals surface area contributed by atoms with Gasteiger partial charge in [-0.05, 0) is 50.1 Å². The van der Waals surface area contributed by atoms with Crippen molar-refractivity contribution in [2.45, 2.75) is 64.3 Å². The Morgan fingerprint density at radius 2 is 1.97 bits per heavy atom. The van der Waals surface area contributed by atoms with Crippen LogP contribution in [0, 0.1) is 11.8 Å². The summed E-state index contributed by atoms with van der Waals surface area (Å²) >= 11 is 7.24. The lowest BCUT2D eigenvalue weighted by molar-refractivity contribution is -0.122. The van der Waals surface area contributed by atoms with Crippen molar-refractivity contribution in [1.29, 1.82) is 0 Å². The van der Waals surface area contributed by atoms with E-state index in [1.165, 1.54) is 11.3 Å². The van der Waals surface area contributed by atoms with Crippen LogP contribution < -0.4 is 9.47 Å². The van der Waals surface area contributed by atoms with E-state index in [1.54, 1.807) is 18.2 Å². The van der Waals surface area contributed by atoms with E-state index in [0.717, 1.165) is 75.7 Å². The summed E-state index contributed by atoms with van der Waals surface area (Å²) in [5.74, 6) is -1.27. The highest BCUT2D eigenvalue weighted by molar-refractivity contribution is 7.13. The summed E-state index contributed by atoms with van der Waals surface area (Å²) in [6, 6.07) is 5.11. The van der Waals surface area contributed by atoms with Gasteiger partial charge in [0.05, 0.1) is 5.69 Å². The molecule has 1 aliphatic carbocycles. The van der Waals surface area contributed by atoms with E-state index < -0.39 is 12.5 Å². The summed E-state index contributed by atoms with van der Waals surface area (Å²) in [6.45, 7) is 2.97. The average Bonchev–Trinajstić information content (AvgIpc) is 3.23. The summed E-state index contributed by atoms with van der Waals surface area (Å²) in [5, 5.41) is 0.698. The lowest BCUT2D eigenvalue weighted by atomic mass is 9.78. The van der Waals surface area contributed by atoms with Crippen molar-refractivity contribution in [1.82, 2.24) is 14.9 Å². The van der Waals surface area contributed by atoms with Gasteiger partial charge in [-0.1, -0.05) is 41.8 Å². The van der Waals surface area contributed by atoms with Crippen molar-refractivity contribution < 1.29 is 23.0 Å². The van der Waals surface area contributed by atoms with Gasteiger partial charge in [0.25, 0.3) is 11.1 Å². The third-order valence-electron chi connectivity index (χ3n) is 6.64. The van der Waals surface area contributed by atoms with Gasteiger partial charge in [-0.3, -0.25) is 9.69 Å². The molecule has 6 nitrogen and oxygen atoms in total. The molecular formula is C25H32ClF2N3O3S. The van der Waals surface area contributed by atoms with Crippen molar-refractivity contribution in [3.8, 4) is 11.1 Å². The maximum atomic E-state index is 13.0. The fraction of sp³-hybridized carbons (Fsp3) is 0.640. The average molecular weight is 528 g/mol. The second-order valence-electron chi connectivity index (χ2n) is 9.74. The molecule has 0 bridgehead atoms. The number of pyridine rings is 1. The number of carbonyl (C=O) groups is 1. The number of halogens is 3. The second-order valence-corrected chi connectivity index (χ2v) is 11.2. The zero-order valence-electron chi connectivity index (χ0n) is 20.0. The molecule has 0 N–H and O–H groups in total. The van der Waals surface area contributed by atoms with Gasteiger partial charge in [-0.25, -0.2) is 18.7 Å². The number of hydrogen-bond donors (Lipinski definition) is 0. The number of carbonyl (C=O) groups excluding carboxylic acids is 1. The first kappa shape index (κ1) is 26.2. The number of Topliss-reactive ketones (excluding diaryl/α,β-unsaturated/α-hetero) is 1. The van der Waals surface area contributed by atoms with E-state index >= 15 is 0 Å². The summed E-state index contributed by atoms with van der Waals surface area (Å²) in [4.78, 5) is 24.4. The van der Waals surface area contributed by atoms with Gasteiger partial charge in [0.15, 0.2) is 12.4 Å². The molecule has 1 saturated carbocycles. The molecule has 4 rings (SSSR count). The molecule has 0 radical (unpaired) electrons. The number of ketones is 1. The van der Waals surface area contributed by atoms with Crippen LogP contribution in [0.2, 0.25) is 5.15 Å². The summed E-state index contributed by atoms with van der Waals surface area (Å²) in [6.07, 6.45) is 7.02. The van der Waals surface area contributed by atoms with Crippen LogP contribution in [0.15, 0.2) is 18.2 Å². The van der Waals surface area contributed by atoms with E-state index in [9.17, 15) is 13.6 Å². The third-order valence-corrected chi connectivity index (χ3v) is 7.92. The molecular weight excluding hydrogens is 496 g/mol. The second kappa shape index (κ2) is 11.9. The topological polar surface area (TPSA) is 64.5 Å². The molecule has 10 heteroatoms. The number of rotatable bonds is 11. The molecule has 35 heavy (non-hydrogen) atoms. The lowest BCUT2D eigenvalue weighted by Gasteiger charge is -2.31. The van der Waals surface area contributed by atoms with Gasteiger partial charge in [-0.15, -0.1) is 0 Å². The minimum atomic E-state index is -2.85. The number of hydrogen-bond acceptors (Lipinski definition) is 7. The molecule has 0 amide bonds. The SMILES string of the molecule is CC(F)(F)COc1nc2c(s1)CCN(CCC1CCC(CC(=O)COc3cccc(Cl)n3)CC1)C2. The predicted octanol–water partition coefficient (Wildman–Crippen LogP) is 5.82. The fourth-order valence-electron chi connectivity index (χ4n) is 4.76. The van der Waals surface area contributed by atoms with Crippen LogP contribution in [0.3, 0.4) is 0 Å². The number of ether oxygens (including phenoxy) is 2. The minimum absolute atomic E-state index is 0.0362. The van der Waals surface area contributed by atoms with E-state index in [4.69, 9.17) is 21.1 Å². The van der Waals surface area contributed by atoms with E-state index in [2.05, 4.69) is 14.9 Å². The zero-order chi connectivity index (χ0) is 24.8. The molecule has 2 aliphatic rings. The van der Waals surface area contributed by atoms with Crippen molar-refractivity contribution in [2.24, 2.45) is 11.8 Å². The Labute approximate surface area is 214 Å². The first-order valence-corrected chi connectivity index (χ1v) is 13.4. The van der Waals surface area contributed by atoms with Gasteiger partial charge in [0.1, 0.15) is 11.8 Å². The molecule has 0 saturated heterocycles. The molecule has 2 aromatic heterocycles. The quantitative estimate of drug-likeness (QED) is 0.343. The van der Waals surface area contributed by atoms with Crippen molar-refractivity contribution in [2.75, 3.05) is 26.3 Å². The van der Waals surface area contributed by atoms with Crippen LogP contribution in [-0.4, -0.2) is 52.9 Å². The highest BCUT2D eigenvalue weighted by Crippen LogP contribution is 2.34. The number of alkyl halides is 2. The van der Waals surface area contributed by atoms with E-state index in [-0.39, 0.29) is 12.4 Å². The monoisotopic (exact) mass is 527 g/mol. The highest BCUT2D eigenvalue weighted by atomic mass is 35.5. The summed E-state index contributed by atoms with van der Waals surface area (Å²) < 4.78 is 36.8. The number of fused-ring (bicyclic) bond motifs is 1. The molecule has 192 valence electrons. The van der Waals surface area contributed by atoms with Gasteiger partial charge in [0, 0.05) is 37.4 Å². The van der Waals surface area contributed by atoms with Crippen LogP contribution in [0.1, 0.15) is 56.0 Å². The maximum absolute atomic E-state index is 13.0. The Balaban J connectivity index is 1.13. The smallest absolute Gasteiger partial charge is 0.278 e. The molecule has 0 atom stereocenters. The normalized spacial score (nSPS) is 20.9. The van der Waals surface area contributed by atoms with Gasteiger partial charge < -0.3 is 9.47 Å². The van der Waals surface area contributed by atoms with Crippen molar-refractivity contribution in [3.05, 3.63) is 33.9 Å². The molecule has 1 fully saturated rings. The third kappa shape index (κ3) is 8.36. The number of thiazole rings is 1.